The summed E-state index contributed by atoms with van der Waals surface area (Å²) in [6.07, 6.45) is 0. The zero-order valence-corrected chi connectivity index (χ0v) is 24.6. The largest absolute Gasteiger partial charge is 0.458 e. The van der Waals surface area contributed by atoms with Gasteiger partial charge in [-0.15, -0.1) is 0 Å². The molecule has 0 unspecified atom stereocenters. The molecular formula is C43H33BOSi. The van der Waals surface area contributed by atoms with Crippen molar-refractivity contribution in [2.24, 2.45) is 0 Å². The number of fused-ring (bicyclic) bond motifs is 2. The summed E-state index contributed by atoms with van der Waals surface area (Å²) < 4.78 is 270. The van der Waals surface area contributed by atoms with E-state index in [1.165, 1.54) is 6.92 Å². The van der Waals surface area contributed by atoms with Gasteiger partial charge in [-0.3, -0.25) is 0 Å². The molecule has 0 saturated carbocycles. The molecule has 0 fully saturated rings. The molecule has 7 aromatic carbocycles. The fourth-order valence-corrected chi connectivity index (χ4v) is 9.11. The van der Waals surface area contributed by atoms with Gasteiger partial charge >= 0.3 is 0 Å². The molecule has 8 rings (SSSR count). The molecule has 1 aliphatic heterocycles. The number of benzene rings is 7. The lowest BCUT2D eigenvalue weighted by atomic mass is 9.35. The highest BCUT2D eigenvalue weighted by Crippen LogP contribution is 2.27. The van der Waals surface area contributed by atoms with Crippen molar-refractivity contribution in [1.29, 1.82) is 0 Å². The fraction of sp³-hybridized carbons (Fsp3) is 0.0233. The molecule has 46 heavy (non-hydrogen) atoms. The van der Waals surface area contributed by atoms with Crippen LogP contribution in [0.1, 0.15) is 45.3 Å². The second kappa shape index (κ2) is 11.9. The van der Waals surface area contributed by atoms with Crippen molar-refractivity contribution in [3.63, 3.8) is 0 Å². The van der Waals surface area contributed by atoms with E-state index in [0.29, 0.717) is 6.07 Å². The molecule has 1 aliphatic rings. The third-order valence-corrected chi connectivity index (χ3v) is 11.4. The predicted octanol–water partition coefficient (Wildman–Crippen LogP) is 5.66. The molecule has 1 heterocycles. The summed E-state index contributed by atoms with van der Waals surface area (Å²) in [5, 5.41) is -4.22. The van der Waals surface area contributed by atoms with Gasteiger partial charge < -0.3 is 4.74 Å². The van der Waals surface area contributed by atoms with Crippen LogP contribution in [0.25, 0.3) is 11.1 Å². The summed E-state index contributed by atoms with van der Waals surface area (Å²) in [5.41, 5.74) is -4.27. The van der Waals surface area contributed by atoms with E-state index in [1.54, 1.807) is 0 Å². The van der Waals surface area contributed by atoms with E-state index in [9.17, 15) is 17.8 Å². The number of ether oxygens (including phenoxy) is 1. The summed E-state index contributed by atoms with van der Waals surface area (Å²) in [5.74, 6) is -1.41. The summed E-state index contributed by atoms with van der Waals surface area (Å²) in [6, 6.07) is -30.4. The number of hydrogen-bond donors (Lipinski definition) is 0. The second-order valence-electron chi connectivity index (χ2n) is 9.89. The Morgan fingerprint density at radius 1 is 0.478 bits per heavy atom. The normalized spacial score (nSPS) is 21.0. The molecule has 218 valence electrons. The molecule has 0 saturated heterocycles. The van der Waals surface area contributed by atoms with E-state index in [0.717, 1.165) is 0 Å². The van der Waals surface area contributed by atoms with Crippen molar-refractivity contribution in [3.8, 4) is 22.6 Å². The quantitative estimate of drug-likeness (QED) is 0.170. The molecule has 0 amide bonds. The molecule has 0 spiro atoms. The lowest BCUT2D eigenvalue weighted by Gasteiger charge is -2.35. The maximum Gasteiger partial charge on any atom is 0.251 e. The Kier molecular flexibility index (Phi) is 2.80. The smallest absolute Gasteiger partial charge is 0.251 e. The summed E-state index contributed by atoms with van der Waals surface area (Å²) in [7, 11) is -6.25. The monoisotopic (exact) mass is 633 g/mol. The van der Waals surface area contributed by atoms with Gasteiger partial charge in [-0.05, 0) is 61.8 Å². The van der Waals surface area contributed by atoms with Crippen molar-refractivity contribution < 1.29 is 44.5 Å². The third kappa shape index (κ3) is 4.72. The number of para-hydroxylation sites is 1. The van der Waals surface area contributed by atoms with Gasteiger partial charge in [-0.1, -0.05) is 180 Å². The minimum absolute atomic E-state index is 0.226. The van der Waals surface area contributed by atoms with Crippen LogP contribution in [0.4, 0.5) is 0 Å². The Hall–Kier alpha value is -5.38. The Morgan fingerprint density at radius 3 is 1.83 bits per heavy atom. The lowest BCUT2D eigenvalue weighted by molar-refractivity contribution is 0.487. The van der Waals surface area contributed by atoms with E-state index < -0.39 is 250 Å². The van der Waals surface area contributed by atoms with Gasteiger partial charge in [0.1, 0.15) is 11.5 Å². The number of hydrogen-bond acceptors (Lipinski definition) is 1. The summed E-state index contributed by atoms with van der Waals surface area (Å²) in [6.45, 7) is -0.859. The molecule has 0 aromatic heterocycles. The van der Waals surface area contributed by atoms with Gasteiger partial charge in [0.2, 0.25) is 0 Å². The van der Waals surface area contributed by atoms with Crippen LogP contribution in [0.5, 0.6) is 11.5 Å². The first kappa shape index (κ1) is 10.9. The van der Waals surface area contributed by atoms with Crippen LogP contribution in [-0.4, -0.2) is 14.8 Å². The van der Waals surface area contributed by atoms with E-state index in [-0.39, 0.29) is 5.56 Å². The van der Waals surface area contributed by atoms with E-state index in [4.69, 9.17) is 26.7 Å². The lowest BCUT2D eigenvalue weighted by Crippen LogP contribution is -2.74. The first-order chi connectivity index (χ1) is 34.8. The van der Waals surface area contributed by atoms with Crippen LogP contribution in [0, 0.1) is 6.92 Å². The zero-order chi connectivity index (χ0) is 56.2. The van der Waals surface area contributed by atoms with Crippen molar-refractivity contribution in [2.75, 3.05) is 0 Å². The first-order valence-corrected chi connectivity index (χ1v) is 15.6. The van der Waals surface area contributed by atoms with Gasteiger partial charge in [0.15, 0.2) is 8.07 Å². The summed E-state index contributed by atoms with van der Waals surface area (Å²) >= 11 is 0. The van der Waals surface area contributed by atoms with Crippen LogP contribution in [0.3, 0.4) is 0 Å². The highest BCUT2D eigenvalue weighted by atomic mass is 28.3. The zero-order valence-electron chi connectivity index (χ0n) is 52.6. The maximum atomic E-state index is 10.4. The molecule has 0 N–H and O–H groups in total. The SMILES string of the molecule is [2H]c1cc([Si](c2c([2H])c([2H])c([2H])c([2H])c2[2H])(c2c([2H])c([2H])c([2H])c([2H])c2[2H])c2c([2H])c([2H])c([2H])c(-c3c([2H])c([2H])c([2H])c([2H])c3B3c4c([2H])c([2H])c([2H])c([2H])c4Oc4c([2H])c([2H])c(C)c([2H])c43)c2[2H])c([2H])c([2H])c1[2H]. The second-order valence-corrected chi connectivity index (χ2v) is 13.4. The highest BCUT2D eigenvalue weighted by Gasteiger charge is 2.41. The van der Waals surface area contributed by atoms with Gasteiger partial charge in [-0.2, -0.15) is 0 Å². The van der Waals surface area contributed by atoms with Crippen LogP contribution in [-0.2, 0) is 0 Å². The van der Waals surface area contributed by atoms with E-state index >= 15 is 0 Å². The first-order valence-electron chi connectivity index (χ1n) is 28.1. The van der Waals surface area contributed by atoms with E-state index in [1.807, 2.05) is 0 Å². The minimum Gasteiger partial charge on any atom is -0.458 e. The average molecular weight is 634 g/mol. The van der Waals surface area contributed by atoms with Gasteiger partial charge in [0.05, 0.1) is 39.8 Å². The molecule has 7 aromatic rings. The minimum atomic E-state index is -6.25. The molecular weight excluding hydrogens is 571 g/mol. The maximum absolute atomic E-state index is 10.4. The van der Waals surface area contributed by atoms with Crippen LogP contribution in [0.15, 0.2) is 181 Å². The molecule has 0 bridgehead atoms. The Labute approximate surface area is 313 Å². The standard InChI is InChI=1S/C43H33BOSi/c1-32-28-29-43-41(30-32)44(40-26-13-14-27-42(40)45-43)39-25-12-11-24-38(39)33-16-15-23-37(31-33)46(34-17-5-2-6-18-34,35-19-7-3-8-20-35)36-21-9-4-10-22-36/h2-31H,1H3/i2D,3D,4D,5D,6D,7D,8D,9D,10D,11D,12D,13D,14D,15D,16D,17D,18D,19D,20D,21D,23D,24D,25D,26D,27D,28D,29D,30D,31D. The Balaban J connectivity index is 1.76. The molecule has 0 atom stereocenters. The molecule has 1 nitrogen and oxygen atoms in total. The fourth-order valence-electron chi connectivity index (χ4n) is 5.45. The van der Waals surface area contributed by atoms with Crippen molar-refractivity contribution in [2.45, 2.75) is 6.92 Å². The van der Waals surface area contributed by atoms with Gasteiger partial charge in [0.25, 0.3) is 6.71 Å². The topological polar surface area (TPSA) is 9.23 Å². The van der Waals surface area contributed by atoms with Gasteiger partial charge in [0, 0.05) is 0 Å². The third-order valence-electron chi connectivity index (χ3n) is 7.35. The highest BCUT2D eigenvalue weighted by molar-refractivity contribution is 7.20. The average Bonchev–Trinajstić information content (AvgIpc) is 3.38. The van der Waals surface area contributed by atoms with E-state index in [2.05, 4.69) is 0 Å². The van der Waals surface area contributed by atoms with Crippen LogP contribution in [0.2, 0.25) is 0 Å². The van der Waals surface area contributed by atoms with Crippen molar-refractivity contribution in [1.82, 2.24) is 0 Å². The van der Waals surface area contributed by atoms with Gasteiger partial charge in [-0.25, -0.2) is 0 Å². The predicted molar refractivity (Wildman–Crippen MR) is 198 cm³/mol. The Bertz CT molecular complexity index is 3590. The molecule has 3 heteroatoms. The molecule has 0 radical (unpaired) electrons. The van der Waals surface area contributed by atoms with Crippen molar-refractivity contribution >= 4 is 51.9 Å². The Morgan fingerprint density at radius 2 is 1.07 bits per heavy atom. The van der Waals surface area contributed by atoms with Crippen LogP contribution < -0.4 is 41.9 Å². The molecule has 0 aliphatic carbocycles. The summed E-state index contributed by atoms with van der Waals surface area (Å²) in [4.78, 5) is 0. The van der Waals surface area contributed by atoms with Crippen LogP contribution >= 0.6 is 0 Å². The number of rotatable bonds is 6. The van der Waals surface area contributed by atoms with Crippen molar-refractivity contribution in [3.05, 3.63) is 187 Å².